The van der Waals surface area contributed by atoms with Crippen LogP contribution in [0.15, 0.2) is 21.1 Å². The number of aromatic nitrogens is 2. The Bertz CT molecular complexity index is 700. The maximum Gasteiger partial charge on any atom is 0.412 e. The van der Waals surface area contributed by atoms with Crippen molar-refractivity contribution in [2.24, 2.45) is 0 Å². The zero-order valence-corrected chi connectivity index (χ0v) is 15.2. The molecule has 0 saturated heterocycles. The second kappa shape index (κ2) is 7.59. The SMILES string of the molecule is CCC[C@@H](C)OC(=O)Nc1c(C)noc1-c1ccc(Br)c(C)n1. The molecule has 0 aromatic carbocycles. The molecule has 2 aromatic rings. The second-order valence-electron chi connectivity index (χ2n) is 5.37. The Morgan fingerprint density at radius 2 is 2.13 bits per heavy atom. The largest absolute Gasteiger partial charge is 0.446 e. The Kier molecular flexibility index (Phi) is 5.76. The molecule has 2 aromatic heterocycles. The van der Waals surface area contributed by atoms with Crippen molar-refractivity contribution in [3.05, 3.63) is 28.0 Å². The van der Waals surface area contributed by atoms with Gasteiger partial charge < -0.3 is 9.26 Å². The molecular weight excluding hydrogens is 362 g/mol. The molecule has 7 heteroatoms. The molecule has 2 heterocycles. The second-order valence-corrected chi connectivity index (χ2v) is 6.22. The van der Waals surface area contributed by atoms with Crippen LogP contribution in [0.1, 0.15) is 38.1 Å². The minimum absolute atomic E-state index is 0.142. The highest BCUT2D eigenvalue weighted by molar-refractivity contribution is 9.10. The molecule has 0 unspecified atom stereocenters. The van der Waals surface area contributed by atoms with Gasteiger partial charge in [-0.15, -0.1) is 0 Å². The number of pyridine rings is 1. The molecule has 1 N–H and O–H groups in total. The molecule has 1 atom stereocenters. The quantitative estimate of drug-likeness (QED) is 0.800. The van der Waals surface area contributed by atoms with Crippen LogP contribution in [0.5, 0.6) is 0 Å². The normalized spacial score (nSPS) is 12.0. The summed E-state index contributed by atoms with van der Waals surface area (Å²) >= 11 is 3.41. The zero-order valence-electron chi connectivity index (χ0n) is 13.6. The number of rotatable bonds is 5. The van der Waals surface area contributed by atoms with Gasteiger partial charge in [0, 0.05) is 4.47 Å². The first kappa shape index (κ1) is 17.5. The summed E-state index contributed by atoms with van der Waals surface area (Å²) in [6.07, 6.45) is 1.11. The fraction of sp³-hybridized carbons (Fsp3) is 0.438. The third-order valence-corrected chi connectivity index (χ3v) is 4.19. The smallest absolute Gasteiger partial charge is 0.412 e. The molecule has 0 aliphatic carbocycles. The summed E-state index contributed by atoms with van der Waals surface area (Å²) in [7, 11) is 0. The molecule has 2 rings (SSSR count). The number of hydrogen-bond donors (Lipinski definition) is 1. The fourth-order valence-corrected chi connectivity index (χ4v) is 2.36. The summed E-state index contributed by atoms with van der Waals surface area (Å²) in [5, 5.41) is 6.63. The average Bonchev–Trinajstić information content (AvgIpc) is 2.83. The van der Waals surface area contributed by atoms with Crippen molar-refractivity contribution in [3.8, 4) is 11.5 Å². The summed E-state index contributed by atoms with van der Waals surface area (Å²) in [5.74, 6) is 0.415. The highest BCUT2D eigenvalue weighted by Crippen LogP contribution is 2.31. The molecule has 0 saturated carbocycles. The van der Waals surface area contributed by atoms with E-state index in [1.165, 1.54) is 0 Å². The molecule has 23 heavy (non-hydrogen) atoms. The van der Waals surface area contributed by atoms with Crippen molar-refractivity contribution in [3.63, 3.8) is 0 Å². The van der Waals surface area contributed by atoms with E-state index in [-0.39, 0.29) is 6.10 Å². The van der Waals surface area contributed by atoms with E-state index in [0.717, 1.165) is 23.0 Å². The summed E-state index contributed by atoms with van der Waals surface area (Å²) < 4.78 is 11.5. The Morgan fingerprint density at radius 1 is 1.39 bits per heavy atom. The van der Waals surface area contributed by atoms with Crippen molar-refractivity contribution in [1.29, 1.82) is 0 Å². The van der Waals surface area contributed by atoms with Gasteiger partial charge in [-0.25, -0.2) is 9.78 Å². The Morgan fingerprint density at radius 3 is 2.78 bits per heavy atom. The van der Waals surface area contributed by atoms with Gasteiger partial charge in [-0.2, -0.15) is 0 Å². The molecule has 6 nitrogen and oxygen atoms in total. The number of carbonyl (C=O) groups excluding carboxylic acids is 1. The number of carbonyl (C=O) groups is 1. The van der Waals surface area contributed by atoms with Crippen LogP contribution in [-0.4, -0.2) is 22.3 Å². The van der Waals surface area contributed by atoms with Gasteiger partial charge in [-0.05, 0) is 55.3 Å². The lowest BCUT2D eigenvalue weighted by atomic mass is 10.2. The predicted molar refractivity (Wildman–Crippen MR) is 91.4 cm³/mol. The maximum atomic E-state index is 12.0. The first-order valence-electron chi connectivity index (χ1n) is 7.49. The number of nitrogens with one attached hydrogen (secondary N) is 1. The zero-order chi connectivity index (χ0) is 17.0. The molecule has 0 aliphatic heterocycles. The van der Waals surface area contributed by atoms with Gasteiger partial charge in [0.15, 0.2) is 0 Å². The Hall–Kier alpha value is -1.89. The number of hydrogen-bond acceptors (Lipinski definition) is 5. The van der Waals surface area contributed by atoms with Crippen molar-refractivity contribution < 1.29 is 14.1 Å². The van der Waals surface area contributed by atoms with Gasteiger partial charge in [0.1, 0.15) is 23.2 Å². The van der Waals surface area contributed by atoms with Crippen LogP contribution in [0.2, 0.25) is 0 Å². The van der Waals surface area contributed by atoms with Gasteiger partial charge >= 0.3 is 6.09 Å². The third-order valence-electron chi connectivity index (χ3n) is 3.35. The lowest BCUT2D eigenvalue weighted by Gasteiger charge is -2.13. The molecule has 124 valence electrons. The van der Waals surface area contributed by atoms with Crippen molar-refractivity contribution in [2.45, 2.75) is 46.6 Å². The number of aryl methyl sites for hydroxylation is 2. The molecule has 0 bridgehead atoms. The van der Waals surface area contributed by atoms with Crippen LogP contribution < -0.4 is 5.32 Å². The molecule has 1 amide bonds. The van der Waals surface area contributed by atoms with E-state index in [1.807, 2.05) is 26.8 Å². The summed E-state index contributed by atoms with van der Waals surface area (Å²) in [6, 6.07) is 3.67. The van der Waals surface area contributed by atoms with E-state index in [0.29, 0.717) is 22.8 Å². The lowest BCUT2D eigenvalue weighted by molar-refractivity contribution is 0.115. The minimum Gasteiger partial charge on any atom is -0.446 e. The van der Waals surface area contributed by atoms with Crippen LogP contribution >= 0.6 is 15.9 Å². The van der Waals surface area contributed by atoms with Gasteiger partial charge in [-0.1, -0.05) is 18.5 Å². The van der Waals surface area contributed by atoms with E-state index < -0.39 is 6.09 Å². The van der Waals surface area contributed by atoms with E-state index in [2.05, 4.69) is 31.4 Å². The van der Waals surface area contributed by atoms with Crippen LogP contribution in [0, 0.1) is 13.8 Å². The minimum atomic E-state index is -0.521. The van der Waals surface area contributed by atoms with Crippen molar-refractivity contribution in [1.82, 2.24) is 10.1 Å². The van der Waals surface area contributed by atoms with Crippen molar-refractivity contribution in [2.75, 3.05) is 5.32 Å². The van der Waals surface area contributed by atoms with Gasteiger partial charge in [-0.3, -0.25) is 5.32 Å². The number of ether oxygens (including phenoxy) is 1. The predicted octanol–water partition coefficient (Wildman–Crippen LogP) is 4.85. The van der Waals surface area contributed by atoms with E-state index in [9.17, 15) is 4.79 Å². The highest BCUT2D eigenvalue weighted by Gasteiger charge is 2.20. The molecule has 0 fully saturated rings. The Labute approximate surface area is 143 Å². The van der Waals surface area contributed by atoms with Crippen LogP contribution in [0.3, 0.4) is 0 Å². The van der Waals surface area contributed by atoms with Gasteiger partial charge in [0.05, 0.1) is 5.69 Å². The van der Waals surface area contributed by atoms with Crippen LogP contribution in [0.25, 0.3) is 11.5 Å². The summed E-state index contributed by atoms with van der Waals surface area (Å²) in [6.45, 7) is 7.54. The number of nitrogens with zero attached hydrogens (tertiary/aromatic N) is 2. The van der Waals surface area contributed by atoms with Crippen LogP contribution in [-0.2, 0) is 4.74 Å². The number of halogens is 1. The van der Waals surface area contributed by atoms with Gasteiger partial charge in [0.25, 0.3) is 0 Å². The fourth-order valence-electron chi connectivity index (χ4n) is 2.14. The molecule has 0 aliphatic rings. The molecule has 0 radical (unpaired) electrons. The first-order valence-corrected chi connectivity index (χ1v) is 8.29. The number of amides is 1. The van der Waals surface area contributed by atoms with E-state index >= 15 is 0 Å². The third kappa shape index (κ3) is 4.31. The number of anilines is 1. The van der Waals surface area contributed by atoms with E-state index in [1.54, 1.807) is 13.0 Å². The van der Waals surface area contributed by atoms with Crippen LogP contribution in [0.4, 0.5) is 10.5 Å². The standard InChI is InChI=1S/C16H20BrN3O3/c1-5-6-9(2)22-16(21)19-14-11(4)20-23-15(14)13-8-7-12(17)10(3)18-13/h7-9H,5-6H2,1-4H3,(H,19,21)/t9-/m1/s1. The summed E-state index contributed by atoms with van der Waals surface area (Å²) in [5.41, 5.74) is 2.47. The summed E-state index contributed by atoms with van der Waals surface area (Å²) in [4.78, 5) is 16.5. The highest BCUT2D eigenvalue weighted by atomic mass is 79.9. The first-order chi connectivity index (χ1) is 10.9. The monoisotopic (exact) mass is 381 g/mol. The maximum absolute atomic E-state index is 12.0. The topological polar surface area (TPSA) is 77.2 Å². The van der Waals surface area contributed by atoms with Crippen molar-refractivity contribution >= 4 is 27.7 Å². The molecule has 0 spiro atoms. The lowest BCUT2D eigenvalue weighted by Crippen LogP contribution is -2.20. The van der Waals surface area contributed by atoms with E-state index in [4.69, 9.17) is 9.26 Å². The Balaban J connectivity index is 2.21. The molecular formula is C16H20BrN3O3. The van der Waals surface area contributed by atoms with Gasteiger partial charge in [0.2, 0.25) is 5.76 Å². The average molecular weight is 382 g/mol.